The van der Waals surface area contributed by atoms with Crippen molar-refractivity contribution in [2.45, 2.75) is 24.8 Å². The summed E-state index contributed by atoms with van der Waals surface area (Å²) >= 11 is 5.77. The Labute approximate surface area is 109 Å². The average Bonchev–Trinajstić information content (AvgIpc) is 2.58. The highest BCUT2D eigenvalue weighted by atomic mass is 35.5. The van der Waals surface area contributed by atoms with Crippen LogP contribution in [0.2, 0.25) is 5.28 Å². The van der Waals surface area contributed by atoms with Gasteiger partial charge in [0.2, 0.25) is 5.28 Å². The largest absolute Gasteiger partial charge is 0.378 e. The highest BCUT2D eigenvalue weighted by molar-refractivity contribution is 6.28. The first-order valence-corrected chi connectivity index (χ1v) is 6.27. The van der Waals surface area contributed by atoms with Crippen LogP contribution in [0, 0.1) is 0 Å². The first-order valence-electron chi connectivity index (χ1n) is 5.90. The van der Waals surface area contributed by atoms with Crippen molar-refractivity contribution in [3.05, 3.63) is 11.5 Å². The Morgan fingerprint density at radius 3 is 3.22 bits per heavy atom. The molecule has 1 amide bonds. The summed E-state index contributed by atoms with van der Waals surface area (Å²) in [6.07, 6.45) is 4.13. The molecular weight excluding hydrogens is 256 g/mol. The molecule has 1 saturated heterocycles. The van der Waals surface area contributed by atoms with Crippen molar-refractivity contribution in [3.63, 3.8) is 0 Å². The SMILES string of the molecule is O=C1Nc2cnc(Cl)nc2NC12CCCCOC2. The molecular formula is C11H13ClN4O2. The number of hydrogen-bond acceptors (Lipinski definition) is 5. The van der Waals surface area contributed by atoms with E-state index >= 15 is 0 Å². The third kappa shape index (κ3) is 1.91. The lowest BCUT2D eigenvalue weighted by Crippen LogP contribution is -2.55. The van der Waals surface area contributed by atoms with Gasteiger partial charge in [0.1, 0.15) is 11.2 Å². The molecule has 18 heavy (non-hydrogen) atoms. The second kappa shape index (κ2) is 4.37. The van der Waals surface area contributed by atoms with Crippen LogP contribution in [0.1, 0.15) is 19.3 Å². The summed E-state index contributed by atoms with van der Waals surface area (Å²) in [4.78, 5) is 20.2. The van der Waals surface area contributed by atoms with Crippen molar-refractivity contribution < 1.29 is 9.53 Å². The topological polar surface area (TPSA) is 76.1 Å². The van der Waals surface area contributed by atoms with Gasteiger partial charge in [-0.1, -0.05) is 0 Å². The van der Waals surface area contributed by atoms with E-state index in [0.717, 1.165) is 19.3 Å². The molecule has 0 aromatic carbocycles. The molecule has 96 valence electrons. The van der Waals surface area contributed by atoms with Gasteiger partial charge in [-0.05, 0) is 30.9 Å². The summed E-state index contributed by atoms with van der Waals surface area (Å²) in [6, 6.07) is 0. The molecule has 1 aromatic heterocycles. The molecule has 1 atom stereocenters. The summed E-state index contributed by atoms with van der Waals surface area (Å²) in [5, 5.41) is 6.14. The van der Waals surface area contributed by atoms with Crippen molar-refractivity contribution in [3.8, 4) is 0 Å². The maximum absolute atomic E-state index is 12.2. The van der Waals surface area contributed by atoms with Gasteiger partial charge in [-0.2, -0.15) is 4.98 Å². The highest BCUT2D eigenvalue weighted by Crippen LogP contribution is 2.33. The predicted molar refractivity (Wildman–Crippen MR) is 66.7 cm³/mol. The molecule has 7 heteroatoms. The molecule has 1 spiro atoms. The van der Waals surface area contributed by atoms with Crippen LogP contribution in [-0.2, 0) is 9.53 Å². The number of nitrogens with zero attached hydrogens (tertiary/aromatic N) is 2. The van der Waals surface area contributed by atoms with Crippen molar-refractivity contribution in [2.75, 3.05) is 23.8 Å². The number of anilines is 2. The van der Waals surface area contributed by atoms with E-state index in [1.54, 1.807) is 0 Å². The molecule has 1 unspecified atom stereocenters. The van der Waals surface area contributed by atoms with E-state index in [1.807, 2.05) is 0 Å². The van der Waals surface area contributed by atoms with Gasteiger partial charge in [0.15, 0.2) is 5.82 Å². The summed E-state index contributed by atoms with van der Waals surface area (Å²) < 4.78 is 5.50. The van der Waals surface area contributed by atoms with Crippen LogP contribution >= 0.6 is 11.6 Å². The van der Waals surface area contributed by atoms with Crippen LogP contribution in [0.4, 0.5) is 11.5 Å². The van der Waals surface area contributed by atoms with Gasteiger partial charge in [-0.15, -0.1) is 0 Å². The monoisotopic (exact) mass is 268 g/mol. The minimum atomic E-state index is -0.735. The minimum absolute atomic E-state index is 0.0946. The van der Waals surface area contributed by atoms with E-state index in [-0.39, 0.29) is 11.2 Å². The maximum atomic E-state index is 12.2. The first kappa shape index (κ1) is 11.7. The van der Waals surface area contributed by atoms with Gasteiger partial charge in [0.25, 0.3) is 5.91 Å². The van der Waals surface area contributed by atoms with Crippen LogP contribution in [0.3, 0.4) is 0 Å². The zero-order valence-electron chi connectivity index (χ0n) is 9.70. The molecule has 0 radical (unpaired) electrons. The molecule has 2 N–H and O–H groups in total. The van der Waals surface area contributed by atoms with Crippen LogP contribution in [0.25, 0.3) is 0 Å². The molecule has 0 saturated carbocycles. The van der Waals surface area contributed by atoms with E-state index in [4.69, 9.17) is 16.3 Å². The smallest absolute Gasteiger partial charge is 0.252 e. The first-order chi connectivity index (χ1) is 8.70. The maximum Gasteiger partial charge on any atom is 0.252 e. The van der Waals surface area contributed by atoms with E-state index in [9.17, 15) is 4.79 Å². The molecule has 3 heterocycles. The number of ether oxygens (including phenoxy) is 1. The van der Waals surface area contributed by atoms with E-state index in [1.165, 1.54) is 6.20 Å². The Morgan fingerprint density at radius 2 is 2.33 bits per heavy atom. The van der Waals surface area contributed by atoms with Gasteiger partial charge < -0.3 is 15.4 Å². The Kier molecular flexibility index (Phi) is 2.83. The van der Waals surface area contributed by atoms with Crippen LogP contribution in [0.15, 0.2) is 6.20 Å². The second-order valence-electron chi connectivity index (χ2n) is 4.57. The van der Waals surface area contributed by atoms with E-state index in [2.05, 4.69) is 20.6 Å². The lowest BCUT2D eigenvalue weighted by molar-refractivity contribution is -0.122. The van der Waals surface area contributed by atoms with Crippen molar-refractivity contribution in [1.29, 1.82) is 0 Å². The quantitative estimate of drug-likeness (QED) is 0.696. The molecule has 2 aliphatic rings. The third-order valence-corrected chi connectivity index (χ3v) is 3.47. The fraction of sp³-hybridized carbons (Fsp3) is 0.545. The lowest BCUT2D eigenvalue weighted by atomic mass is 9.91. The second-order valence-corrected chi connectivity index (χ2v) is 4.91. The molecule has 0 bridgehead atoms. The summed E-state index contributed by atoms with van der Waals surface area (Å²) in [7, 11) is 0. The number of fused-ring (bicyclic) bond motifs is 1. The van der Waals surface area contributed by atoms with Crippen LogP contribution in [0.5, 0.6) is 0 Å². The molecule has 1 aromatic rings. The van der Waals surface area contributed by atoms with Crippen molar-refractivity contribution in [2.24, 2.45) is 0 Å². The molecule has 1 fully saturated rings. The van der Waals surface area contributed by atoms with Gasteiger partial charge in [0.05, 0.1) is 12.8 Å². The average molecular weight is 269 g/mol. The fourth-order valence-electron chi connectivity index (χ4n) is 2.30. The highest BCUT2D eigenvalue weighted by Gasteiger charge is 2.43. The number of amides is 1. The fourth-order valence-corrected chi connectivity index (χ4v) is 2.43. The Bertz CT molecular complexity index is 486. The normalized spacial score (nSPS) is 27.1. The number of rotatable bonds is 0. The van der Waals surface area contributed by atoms with E-state index in [0.29, 0.717) is 24.7 Å². The minimum Gasteiger partial charge on any atom is -0.378 e. The predicted octanol–water partition coefficient (Wildman–Crippen LogP) is 1.43. The number of carbonyl (C=O) groups excluding carboxylic acids is 1. The lowest BCUT2D eigenvalue weighted by Gasteiger charge is -2.36. The van der Waals surface area contributed by atoms with Gasteiger partial charge in [0, 0.05) is 6.61 Å². The molecule has 0 aliphatic carbocycles. The molecule has 3 rings (SSSR count). The standard InChI is InChI=1S/C11H13ClN4O2/c12-10-13-5-7-8(15-10)16-11(9(17)14-7)3-1-2-4-18-6-11/h5H,1-4,6H2,(H,14,17)(H,13,15,16). The van der Waals surface area contributed by atoms with Gasteiger partial charge in [-0.3, -0.25) is 4.79 Å². The number of nitrogens with one attached hydrogen (secondary N) is 2. The van der Waals surface area contributed by atoms with Crippen LogP contribution in [-0.4, -0.2) is 34.6 Å². The van der Waals surface area contributed by atoms with Crippen molar-refractivity contribution in [1.82, 2.24) is 9.97 Å². The number of hydrogen-bond donors (Lipinski definition) is 2. The zero-order chi connectivity index (χ0) is 12.6. The molecule has 6 nitrogen and oxygen atoms in total. The van der Waals surface area contributed by atoms with Gasteiger partial charge in [-0.25, -0.2) is 4.98 Å². The van der Waals surface area contributed by atoms with Crippen molar-refractivity contribution >= 4 is 29.0 Å². The Hall–Kier alpha value is -1.40. The van der Waals surface area contributed by atoms with E-state index < -0.39 is 5.54 Å². The molecule has 2 aliphatic heterocycles. The number of aromatic nitrogens is 2. The number of carbonyl (C=O) groups is 1. The Balaban J connectivity index is 1.96. The van der Waals surface area contributed by atoms with Gasteiger partial charge >= 0.3 is 0 Å². The third-order valence-electron chi connectivity index (χ3n) is 3.29. The summed E-state index contributed by atoms with van der Waals surface area (Å²) in [6.45, 7) is 1.04. The number of halogens is 1. The summed E-state index contributed by atoms with van der Waals surface area (Å²) in [5.74, 6) is 0.461. The summed E-state index contributed by atoms with van der Waals surface area (Å²) in [5.41, 5.74) is -0.180. The Morgan fingerprint density at radius 1 is 1.44 bits per heavy atom. The van der Waals surface area contributed by atoms with Crippen LogP contribution < -0.4 is 10.6 Å². The zero-order valence-corrected chi connectivity index (χ0v) is 10.5.